The second-order valence-corrected chi connectivity index (χ2v) is 5.46. The summed E-state index contributed by atoms with van der Waals surface area (Å²) in [4.78, 5) is 10.4. The molecule has 0 saturated carbocycles. The normalized spacial score (nSPS) is 11.9. The zero-order chi connectivity index (χ0) is 6.08. The van der Waals surface area contributed by atoms with Gasteiger partial charge in [0, 0.05) is 15.3 Å². The fourth-order valence-corrected chi connectivity index (χ4v) is 0. The van der Waals surface area contributed by atoms with Gasteiger partial charge in [0.2, 0.25) is 0 Å². The number of hydrogen-bond donors (Lipinski definition) is 1. The summed E-state index contributed by atoms with van der Waals surface area (Å²) in [6.07, 6.45) is 0. The molecule has 42 valence electrons. The molecule has 0 atom stereocenters. The summed E-state index contributed by atoms with van der Waals surface area (Å²) in [5.74, 6) is 0. The smallest absolute Gasteiger partial charge is 0.187 e. The Bertz CT molecular complexity index is 84.2. The molecule has 0 bridgehead atoms. The Hall–Kier alpha value is 0.237. The first kappa shape index (κ1) is 7.24. The van der Waals surface area contributed by atoms with Gasteiger partial charge in [-0.05, 0) is 0 Å². The molecule has 0 N–H and O–H groups in total. The van der Waals surface area contributed by atoms with Crippen LogP contribution in [0.5, 0.6) is 0 Å². The van der Waals surface area contributed by atoms with Crippen molar-refractivity contribution in [2.45, 2.75) is 18.9 Å². The summed E-state index contributed by atoms with van der Waals surface area (Å²) in [5, 5.41) is -0.137. The molecule has 0 aliphatic rings. The van der Waals surface area contributed by atoms with Crippen LogP contribution in [0.3, 0.4) is 0 Å². The SMILES string of the molecule is CC(C)([SiH3])C(=O)S. The number of carbonyl (C=O) groups excluding carboxylic acids is 1. The molecule has 0 aromatic heterocycles. The van der Waals surface area contributed by atoms with Crippen molar-refractivity contribution in [2.75, 3.05) is 0 Å². The van der Waals surface area contributed by atoms with E-state index in [4.69, 9.17) is 0 Å². The van der Waals surface area contributed by atoms with E-state index >= 15 is 0 Å². The van der Waals surface area contributed by atoms with Gasteiger partial charge >= 0.3 is 0 Å². The number of hydrogen-bond acceptors (Lipinski definition) is 1. The molecule has 0 rings (SSSR count). The quantitative estimate of drug-likeness (QED) is 0.395. The van der Waals surface area contributed by atoms with E-state index in [9.17, 15) is 4.79 Å². The molecule has 0 aliphatic heterocycles. The third-order valence-electron chi connectivity index (χ3n) is 0.642. The second-order valence-electron chi connectivity index (χ2n) is 2.56. The Morgan fingerprint density at radius 2 is 1.86 bits per heavy atom. The maximum absolute atomic E-state index is 10.4. The molecule has 0 fully saturated rings. The molecule has 0 heterocycles. The van der Waals surface area contributed by atoms with Gasteiger partial charge in [0.15, 0.2) is 5.12 Å². The molecule has 0 unspecified atom stereocenters. The van der Waals surface area contributed by atoms with Crippen molar-refractivity contribution in [1.82, 2.24) is 0 Å². The van der Waals surface area contributed by atoms with E-state index in [1.165, 1.54) is 0 Å². The molecule has 0 aliphatic carbocycles. The lowest BCUT2D eigenvalue weighted by molar-refractivity contribution is -0.112. The van der Waals surface area contributed by atoms with Gasteiger partial charge in [-0.3, -0.25) is 4.79 Å². The Morgan fingerprint density at radius 1 is 1.71 bits per heavy atom. The third-order valence-corrected chi connectivity index (χ3v) is 2.19. The summed E-state index contributed by atoms with van der Waals surface area (Å²) in [6, 6.07) is 0. The average molecular weight is 134 g/mol. The first-order chi connectivity index (χ1) is 2.94. The number of thiol groups is 1. The lowest BCUT2D eigenvalue weighted by Gasteiger charge is -2.10. The van der Waals surface area contributed by atoms with E-state index in [1.807, 2.05) is 13.8 Å². The molecular formula is C4H10OSSi. The van der Waals surface area contributed by atoms with Gasteiger partial charge in [0.25, 0.3) is 0 Å². The van der Waals surface area contributed by atoms with Gasteiger partial charge in [0.05, 0.1) is 0 Å². The average Bonchev–Trinajstić information content (AvgIpc) is 1.31. The van der Waals surface area contributed by atoms with Crippen molar-refractivity contribution in [1.29, 1.82) is 0 Å². The van der Waals surface area contributed by atoms with E-state index in [0.717, 1.165) is 10.2 Å². The van der Waals surface area contributed by atoms with Crippen molar-refractivity contribution in [3.63, 3.8) is 0 Å². The Kier molecular flexibility index (Phi) is 2.07. The Balaban J connectivity index is 3.79. The van der Waals surface area contributed by atoms with Gasteiger partial charge < -0.3 is 0 Å². The summed E-state index contributed by atoms with van der Waals surface area (Å²) in [5.41, 5.74) is 0. The van der Waals surface area contributed by atoms with Gasteiger partial charge in [-0.25, -0.2) is 0 Å². The molecule has 0 aromatic rings. The van der Waals surface area contributed by atoms with Crippen LogP contribution in [0.4, 0.5) is 0 Å². The Morgan fingerprint density at radius 3 is 1.86 bits per heavy atom. The third kappa shape index (κ3) is 2.88. The fraction of sp³-hybridized carbons (Fsp3) is 0.750. The lowest BCUT2D eigenvalue weighted by atomic mass is 10.2. The van der Waals surface area contributed by atoms with Gasteiger partial charge in [-0.15, -0.1) is 12.6 Å². The minimum absolute atomic E-state index is 0.000772. The first-order valence-corrected chi connectivity index (χ1v) is 3.62. The largest absolute Gasteiger partial charge is 0.287 e. The van der Waals surface area contributed by atoms with Crippen molar-refractivity contribution < 1.29 is 4.79 Å². The molecule has 7 heavy (non-hydrogen) atoms. The minimum atomic E-state index is -0.136. The summed E-state index contributed by atoms with van der Waals surface area (Å²) in [7, 11) is 0.887. The highest BCUT2D eigenvalue weighted by molar-refractivity contribution is 7.97. The maximum Gasteiger partial charge on any atom is 0.187 e. The zero-order valence-electron chi connectivity index (χ0n) is 4.86. The maximum atomic E-state index is 10.4. The highest BCUT2D eigenvalue weighted by atomic mass is 32.1. The van der Waals surface area contributed by atoms with Crippen molar-refractivity contribution in [3.05, 3.63) is 0 Å². The van der Waals surface area contributed by atoms with E-state index in [-0.39, 0.29) is 10.2 Å². The van der Waals surface area contributed by atoms with Gasteiger partial charge in [-0.2, -0.15) is 0 Å². The molecule has 0 saturated heterocycles. The van der Waals surface area contributed by atoms with Crippen molar-refractivity contribution in [3.8, 4) is 0 Å². The van der Waals surface area contributed by atoms with Crippen LogP contribution in [0.1, 0.15) is 13.8 Å². The minimum Gasteiger partial charge on any atom is -0.287 e. The standard InChI is InChI=1S/C4H10OSSi/c1-4(2,7)3(5)6/h1-2,7H3,(H,5,6). The van der Waals surface area contributed by atoms with Gasteiger partial charge in [-0.1, -0.05) is 13.8 Å². The summed E-state index contributed by atoms with van der Waals surface area (Å²) in [6.45, 7) is 3.79. The van der Waals surface area contributed by atoms with Crippen LogP contribution in [0, 0.1) is 0 Å². The van der Waals surface area contributed by atoms with E-state index < -0.39 is 0 Å². The predicted octanol–water partition coefficient (Wildman–Crippen LogP) is 0.00670. The first-order valence-electron chi connectivity index (χ1n) is 2.18. The van der Waals surface area contributed by atoms with E-state index in [2.05, 4.69) is 12.6 Å². The van der Waals surface area contributed by atoms with E-state index in [0.29, 0.717) is 0 Å². The Labute approximate surface area is 52.3 Å². The number of carbonyl (C=O) groups is 1. The molecular weight excluding hydrogens is 124 g/mol. The molecule has 0 aromatic carbocycles. The highest BCUT2D eigenvalue weighted by Gasteiger charge is 2.15. The summed E-state index contributed by atoms with van der Waals surface area (Å²) >= 11 is 3.67. The summed E-state index contributed by atoms with van der Waals surface area (Å²) < 4.78 is 0. The van der Waals surface area contributed by atoms with Crippen LogP contribution < -0.4 is 0 Å². The van der Waals surface area contributed by atoms with Gasteiger partial charge in [0.1, 0.15) is 0 Å². The lowest BCUT2D eigenvalue weighted by Crippen LogP contribution is -2.10. The fourth-order valence-electron chi connectivity index (χ4n) is 0. The van der Waals surface area contributed by atoms with E-state index in [1.54, 1.807) is 0 Å². The van der Waals surface area contributed by atoms with Crippen LogP contribution in [-0.2, 0) is 4.79 Å². The second kappa shape index (κ2) is 2.00. The molecule has 0 amide bonds. The number of rotatable bonds is 1. The van der Waals surface area contributed by atoms with Crippen molar-refractivity contribution >= 4 is 28.0 Å². The molecule has 3 heteroatoms. The van der Waals surface area contributed by atoms with Crippen LogP contribution in [0.15, 0.2) is 0 Å². The molecule has 0 spiro atoms. The zero-order valence-corrected chi connectivity index (χ0v) is 7.75. The van der Waals surface area contributed by atoms with Crippen LogP contribution in [0.2, 0.25) is 5.04 Å². The van der Waals surface area contributed by atoms with Crippen LogP contribution in [-0.4, -0.2) is 15.4 Å². The van der Waals surface area contributed by atoms with Crippen LogP contribution >= 0.6 is 12.6 Å². The van der Waals surface area contributed by atoms with Crippen molar-refractivity contribution in [2.24, 2.45) is 0 Å². The monoisotopic (exact) mass is 134 g/mol. The highest BCUT2D eigenvalue weighted by Crippen LogP contribution is 2.20. The van der Waals surface area contributed by atoms with Crippen LogP contribution in [0.25, 0.3) is 0 Å². The predicted molar refractivity (Wildman–Crippen MR) is 38.0 cm³/mol. The molecule has 0 radical (unpaired) electrons. The topological polar surface area (TPSA) is 17.1 Å². The molecule has 1 nitrogen and oxygen atoms in total.